The Hall–Kier alpha value is -1.84. The largest absolute Gasteiger partial charge is 0.355 e. The molecule has 120 valence electrons. The topological polar surface area (TPSA) is 49.4 Å². The van der Waals surface area contributed by atoms with E-state index in [4.69, 9.17) is 0 Å². The van der Waals surface area contributed by atoms with Gasteiger partial charge in [0.25, 0.3) is 0 Å². The summed E-state index contributed by atoms with van der Waals surface area (Å²) in [5.74, 6) is -0.141. The highest BCUT2D eigenvalue weighted by Gasteiger charge is 2.57. The summed E-state index contributed by atoms with van der Waals surface area (Å²) >= 11 is 0. The second-order valence-corrected chi connectivity index (χ2v) is 6.19. The molecule has 0 heterocycles. The van der Waals surface area contributed by atoms with E-state index in [1.54, 1.807) is 11.9 Å². The minimum atomic E-state index is -0.796. The van der Waals surface area contributed by atoms with Crippen molar-refractivity contribution in [1.82, 2.24) is 10.2 Å². The standard InChI is InChI=1S/C18H26N2O2/c1-3-4-8-13-19-16(21)18(11-12-18)17(22)20(2)14-15-9-6-5-7-10-15/h5-7,9-10H,3-4,8,11-14H2,1-2H3,(H,19,21). The summed E-state index contributed by atoms with van der Waals surface area (Å²) in [4.78, 5) is 26.6. The van der Waals surface area contributed by atoms with E-state index in [1.165, 1.54) is 0 Å². The lowest BCUT2D eigenvalue weighted by Gasteiger charge is -2.23. The fraction of sp³-hybridized carbons (Fsp3) is 0.556. The Morgan fingerprint density at radius 3 is 2.45 bits per heavy atom. The highest BCUT2D eigenvalue weighted by atomic mass is 16.2. The van der Waals surface area contributed by atoms with Crippen LogP contribution in [0.2, 0.25) is 0 Å². The van der Waals surface area contributed by atoms with Gasteiger partial charge >= 0.3 is 0 Å². The summed E-state index contributed by atoms with van der Waals surface area (Å²) in [6.07, 6.45) is 4.55. The van der Waals surface area contributed by atoms with Crippen LogP contribution in [0, 0.1) is 5.41 Å². The van der Waals surface area contributed by atoms with Crippen molar-refractivity contribution in [2.45, 2.75) is 45.6 Å². The van der Waals surface area contributed by atoms with E-state index in [0.29, 0.717) is 25.9 Å². The molecule has 1 aliphatic carbocycles. The van der Waals surface area contributed by atoms with Gasteiger partial charge in [0.15, 0.2) is 0 Å². The molecule has 1 fully saturated rings. The van der Waals surface area contributed by atoms with Gasteiger partial charge in [0, 0.05) is 20.1 Å². The number of unbranched alkanes of at least 4 members (excludes halogenated alkanes) is 2. The average molecular weight is 302 g/mol. The zero-order valence-corrected chi connectivity index (χ0v) is 13.6. The van der Waals surface area contributed by atoms with Crippen molar-refractivity contribution in [3.8, 4) is 0 Å². The molecule has 0 bridgehead atoms. The zero-order chi connectivity index (χ0) is 16.0. The van der Waals surface area contributed by atoms with E-state index in [-0.39, 0.29) is 11.8 Å². The molecule has 4 heteroatoms. The van der Waals surface area contributed by atoms with Crippen LogP contribution in [-0.2, 0) is 16.1 Å². The van der Waals surface area contributed by atoms with Crippen LogP contribution in [0.3, 0.4) is 0 Å². The van der Waals surface area contributed by atoms with Crippen molar-refractivity contribution < 1.29 is 9.59 Å². The summed E-state index contributed by atoms with van der Waals surface area (Å²) in [6, 6.07) is 9.86. The van der Waals surface area contributed by atoms with Gasteiger partial charge in [-0.3, -0.25) is 9.59 Å². The van der Waals surface area contributed by atoms with Crippen molar-refractivity contribution in [3.63, 3.8) is 0 Å². The number of carbonyl (C=O) groups excluding carboxylic acids is 2. The molecule has 0 unspecified atom stereocenters. The average Bonchev–Trinajstić information content (AvgIpc) is 3.33. The highest BCUT2D eigenvalue weighted by molar-refractivity contribution is 6.07. The van der Waals surface area contributed by atoms with E-state index in [9.17, 15) is 9.59 Å². The van der Waals surface area contributed by atoms with Gasteiger partial charge in [-0.05, 0) is 24.8 Å². The molecule has 1 aliphatic rings. The molecule has 0 spiro atoms. The molecular formula is C18H26N2O2. The van der Waals surface area contributed by atoms with Crippen LogP contribution in [0.15, 0.2) is 30.3 Å². The number of rotatable bonds is 8. The Labute approximate surface area is 132 Å². The minimum absolute atomic E-state index is 0.0515. The van der Waals surface area contributed by atoms with E-state index < -0.39 is 5.41 Å². The fourth-order valence-electron chi connectivity index (χ4n) is 2.70. The number of carbonyl (C=O) groups is 2. The highest BCUT2D eigenvalue weighted by Crippen LogP contribution is 2.47. The Balaban J connectivity index is 1.88. The summed E-state index contributed by atoms with van der Waals surface area (Å²) in [7, 11) is 1.78. The van der Waals surface area contributed by atoms with Gasteiger partial charge in [-0.25, -0.2) is 0 Å². The van der Waals surface area contributed by atoms with Crippen LogP contribution in [0.1, 0.15) is 44.6 Å². The maximum absolute atomic E-state index is 12.6. The van der Waals surface area contributed by atoms with E-state index >= 15 is 0 Å². The number of nitrogens with zero attached hydrogens (tertiary/aromatic N) is 1. The van der Waals surface area contributed by atoms with E-state index in [1.807, 2.05) is 30.3 Å². The first-order chi connectivity index (χ1) is 10.6. The maximum Gasteiger partial charge on any atom is 0.238 e. The summed E-state index contributed by atoms with van der Waals surface area (Å²) in [5.41, 5.74) is 0.285. The first-order valence-corrected chi connectivity index (χ1v) is 8.18. The second kappa shape index (κ2) is 7.43. The number of hydrogen-bond acceptors (Lipinski definition) is 2. The number of nitrogens with one attached hydrogen (secondary N) is 1. The molecule has 1 aromatic rings. The quantitative estimate of drug-likeness (QED) is 0.593. The normalized spacial score (nSPS) is 15.2. The van der Waals surface area contributed by atoms with Crippen molar-refractivity contribution in [1.29, 1.82) is 0 Å². The van der Waals surface area contributed by atoms with Gasteiger partial charge in [-0.1, -0.05) is 50.1 Å². The predicted molar refractivity (Wildman–Crippen MR) is 87.1 cm³/mol. The van der Waals surface area contributed by atoms with Gasteiger partial charge < -0.3 is 10.2 Å². The molecule has 4 nitrogen and oxygen atoms in total. The van der Waals surface area contributed by atoms with Crippen LogP contribution < -0.4 is 5.32 Å². The predicted octanol–water partition coefficient (Wildman–Crippen LogP) is 2.73. The van der Waals surface area contributed by atoms with Gasteiger partial charge in [0.05, 0.1) is 0 Å². The molecule has 2 amide bonds. The monoisotopic (exact) mass is 302 g/mol. The molecule has 0 aromatic heterocycles. The lowest BCUT2D eigenvalue weighted by Crippen LogP contribution is -2.43. The summed E-state index contributed by atoms with van der Waals surface area (Å²) < 4.78 is 0. The summed E-state index contributed by atoms with van der Waals surface area (Å²) in [6.45, 7) is 3.35. The fourth-order valence-corrected chi connectivity index (χ4v) is 2.70. The Kier molecular flexibility index (Phi) is 5.58. The molecule has 0 saturated heterocycles. The molecule has 0 radical (unpaired) electrons. The third-order valence-corrected chi connectivity index (χ3v) is 4.27. The SMILES string of the molecule is CCCCCNC(=O)C1(C(=O)N(C)Cc2ccccc2)CC1. The first-order valence-electron chi connectivity index (χ1n) is 8.18. The van der Waals surface area contributed by atoms with Gasteiger partial charge in [-0.2, -0.15) is 0 Å². The van der Waals surface area contributed by atoms with E-state index in [0.717, 1.165) is 24.8 Å². The van der Waals surface area contributed by atoms with Crippen molar-refractivity contribution >= 4 is 11.8 Å². The third kappa shape index (κ3) is 3.87. The zero-order valence-electron chi connectivity index (χ0n) is 13.6. The number of benzene rings is 1. The molecule has 22 heavy (non-hydrogen) atoms. The van der Waals surface area contributed by atoms with Gasteiger partial charge in [-0.15, -0.1) is 0 Å². The molecule has 1 N–H and O–H groups in total. The summed E-state index contributed by atoms with van der Waals surface area (Å²) in [5, 5.41) is 2.93. The number of amides is 2. The minimum Gasteiger partial charge on any atom is -0.355 e. The molecule has 2 rings (SSSR count). The molecular weight excluding hydrogens is 276 g/mol. The molecule has 0 aliphatic heterocycles. The van der Waals surface area contributed by atoms with Crippen LogP contribution in [0.5, 0.6) is 0 Å². The Morgan fingerprint density at radius 2 is 1.86 bits per heavy atom. The van der Waals surface area contributed by atoms with Crippen molar-refractivity contribution in [3.05, 3.63) is 35.9 Å². The molecule has 0 atom stereocenters. The van der Waals surface area contributed by atoms with E-state index in [2.05, 4.69) is 12.2 Å². The third-order valence-electron chi connectivity index (χ3n) is 4.27. The van der Waals surface area contributed by atoms with Gasteiger partial charge in [0.1, 0.15) is 5.41 Å². The number of hydrogen-bond donors (Lipinski definition) is 1. The maximum atomic E-state index is 12.6. The first kappa shape index (κ1) is 16.5. The lowest BCUT2D eigenvalue weighted by atomic mass is 10.0. The van der Waals surface area contributed by atoms with Gasteiger partial charge in [0.2, 0.25) is 11.8 Å². The van der Waals surface area contributed by atoms with Crippen molar-refractivity contribution in [2.75, 3.05) is 13.6 Å². The smallest absolute Gasteiger partial charge is 0.238 e. The van der Waals surface area contributed by atoms with Crippen LogP contribution in [0.25, 0.3) is 0 Å². The lowest BCUT2D eigenvalue weighted by molar-refractivity contribution is -0.143. The van der Waals surface area contributed by atoms with Crippen LogP contribution in [-0.4, -0.2) is 30.3 Å². The van der Waals surface area contributed by atoms with Crippen LogP contribution >= 0.6 is 0 Å². The Bertz CT molecular complexity index is 509. The Morgan fingerprint density at radius 1 is 1.18 bits per heavy atom. The molecule has 1 aromatic carbocycles. The second-order valence-electron chi connectivity index (χ2n) is 6.19. The van der Waals surface area contributed by atoms with Crippen LogP contribution in [0.4, 0.5) is 0 Å². The molecule has 1 saturated carbocycles. The van der Waals surface area contributed by atoms with Crippen molar-refractivity contribution in [2.24, 2.45) is 5.41 Å².